The molecule has 1 aromatic carbocycles. The predicted octanol–water partition coefficient (Wildman–Crippen LogP) is 1.73. The molecule has 0 N–H and O–H groups in total. The minimum absolute atomic E-state index is 0.00199. The van der Waals surface area contributed by atoms with Gasteiger partial charge in [0.1, 0.15) is 0 Å². The second kappa shape index (κ2) is 4.42. The van der Waals surface area contributed by atoms with E-state index in [1.165, 1.54) is 6.07 Å². The first-order chi connectivity index (χ1) is 7.06. The molecule has 5 heteroatoms. The van der Waals surface area contributed by atoms with E-state index in [-0.39, 0.29) is 12.1 Å². The highest BCUT2D eigenvalue weighted by atomic mass is 16.6. The minimum atomic E-state index is -0.466. The number of nitro groups is 1. The monoisotopic (exact) mass is 205 g/mol. The van der Waals surface area contributed by atoms with Gasteiger partial charge in [0.15, 0.2) is 0 Å². The molecule has 0 aromatic heterocycles. The summed E-state index contributed by atoms with van der Waals surface area (Å²) in [5, 5.41) is 19.2. The summed E-state index contributed by atoms with van der Waals surface area (Å²) in [5.74, 6) is 0. The van der Waals surface area contributed by atoms with Crippen molar-refractivity contribution in [3.63, 3.8) is 0 Å². The second-order valence-corrected chi connectivity index (χ2v) is 3.30. The largest absolute Gasteiger partial charge is 0.378 e. The molecule has 0 aliphatic heterocycles. The highest BCUT2D eigenvalue weighted by Crippen LogP contribution is 2.24. The van der Waals surface area contributed by atoms with Crippen LogP contribution in [-0.2, 0) is 6.42 Å². The first-order valence-electron chi connectivity index (χ1n) is 4.38. The molecular weight excluding hydrogens is 194 g/mol. The lowest BCUT2D eigenvalue weighted by Gasteiger charge is -2.12. The summed E-state index contributed by atoms with van der Waals surface area (Å²) in [6.45, 7) is 0. The minimum Gasteiger partial charge on any atom is -0.378 e. The fourth-order valence-corrected chi connectivity index (χ4v) is 1.25. The molecule has 5 nitrogen and oxygen atoms in total. The average Bonchev–Trinajstić information content (AvgIpc) is 2.17. The van der Waals surface area contributed by atoms with Gasteiger partial charge >= 0.3 is 0 Å². The van der Waals surface area contributed by atoms with E-state index in [4.69, 9.17) is 5.26 Å². The molecule has 0 saturated heterocycles. The van der Waals surface area contributed by atoms with Crippen molar-refractivity contribution in [1.29, 1.82) is 5.26 Å². The maximum absolute atomic E-state index is 10.7. The predicted molar refractivity (Wildman–Crippen MR) is 56.7 cm³/mol. The SMILES string of the molecule is CN(C)c1ccc([N+](=O)[O-])c(CC#N)c1. The van der Waals surface area contributed by atoms with Crippen LogP contribution in [0.1, 0.15) is 5.56 Å². The Morgan fingerprint density at radius 1 is 1.53 bits per heavy atom. The van der Waals surface area contributed by atoms with E-state index in [1.807, 2.05) is 25.1 Å². The van der Waals surface area contributed by atoms with Gasteiger partial charge in [-0.05, 0) is 12.1 Å². The zero-order valence-corrected chi connectivity index (χ0v) is 8.60. The molecule has 1 aromatic rings. The molecular formula is C10H11N3O2. The third kappa shape index (κ3) is 2.44. The molecule has 0 radical (unpaired) electrons. The maximum atomic E-state index is 10.7. The molecule has 0 heterocycles. The molecule has 15 heavy (non-hydrogen) atoms. The summed E-state index contributed by atoms with van der Waals surface area (Å²) >= 11 is 0. The van der Waals surface area contributed by atoms with Crippen LogP contribution in [0.25, 0.3) is 0 Å². The average molecular weight is 205 g/mol. The number of rotatable bonds is 3. The van der Waals surface area contributed by atoms with Crippen molar-refractivity contribution in [3.8, 4) is 6.07 Å². The smallest absolute Gasteiger partial charge is 0.273 e. The van der Waals surface area contributed by atoms with Crippen molar-refractivity contribution >= 4 is 11.4 Å². The number of nitrogens with zero attached hydrogens (tertiary/aromatic N) is 3. The van der Waals surface area contributed by atoms with Gasteiger partial charge in [0.25, 0.3) is 5.69 Å². The lowest BCUT2D eigenvalue weighted by atomic mass is 10.1. The van der Waals surface area contributed by atoms with Crippen LogP contribution < -0.4 is 4.90 Å². The zero-order valence-electron chi connectivity index (χ0n) is 8.60. The molecule has 1 rings (SSSR count). The Morgan fingerprint density at radius 3 is 2.67 bits per heavy atom. The summed E-state index contributed by atoms with van der Waals surface area (Å²) in [6, 6.07) is 6.69. The molecule has 0 aliphatic carbocycles. The van der Waals surface area contributed by atoms with Crippen LogP contribution in [0.15, 0.2) is 18.2 Å². The lowest BCUT2D eigenvalue weighted by Crippen LogP contribution is -2.09. The molecule has 0 bridgehead atoms. The van der Waals surface area contributed by atoms with Gasteiger partial charge in [0.2, 0.25) is 0 Å². The second-order valence-electron chi connectivity index (χ2n) is 3.30. The van der Waals surface area contributed by atoms with Crippen molar-refractivity contribution in [2.75, 3.05) is 19.0 Å². The third-order valence-corrected chi connectivity index (χ3v) is 2.05. The first kappa shape index (κ1) is 11.0. The Balaban J connectivity index is 3.21. The number of nitro benzene ring substituents is 1. The Labute approximate surface area is 87.7 Å². The van der Waals surface area contributed by atoms with Crippen molar-refractivity contribution in [1.82, 2.24) is 0 Å². The number of anilines is 1. The summed E-state index contributed by atoms with van der Waals surface area (Å²) in [7, 11) is 3.69. The van der Waals surface area contributed by atoms with Crippen molar-refractivity contribution < 1.29 is 4.92 Å². The van der Waals surface area contributed by atoms with Crippen molar-refractivity contribution in [3.05, 3.63) is 33.9 Å². The Bertz CT molecular complexity index is 421. The van der Waals surface area contributed by atoms with Gasteiger partial charge in [-0.3, -0.25) is 10.1 Å². The number of hydrogen-bond donors (Lipinski definition) is 0. The third-order valence-electron chi connectivity index (χ3n) is 2.05. The molecule has 0 spiro atoms. The van der Waals surface area contributed by atoms with E-state index in [2.05, 4.69) is 0 Å². The van der Waals surface area contributed by atoms with Gasteiger partial charge in [-0.25, -0.2) is 0 Å². The highest BCUT2D eigenvalue weighted by Gasteiger charge is 2.13. The van der Waals surface area contributed by atoms with Crippen LogP contribution in [0.2, 0.25) is 0 Å². The van der Waals surface area contributed by atoms with Gasteiger partial charge < -0.3 is 4.90 Å². The Kier molecular flexibility index (Phi) is 3.24. The quantitative estimate of drug-likeness (QED) is 0.556. The standard InChI is InChI=1S/C10H11N3O2/c1-12(2)9-3-4-10(13(14)15)8(7-9)5-6-11/h3-4,7H,5H2,1-2H3. The number of nitriles is 1. The number of benzene rings is 1. The van der Waals surface area contributed by atoms with Crippen LogP contribution in [-0.4, -0.2) is 19.0 Å². The molecule has 78 valence electrons. The maximum Gasteiger partial charge on any atom is 0.273 e. The van der Waals surface area contributed by atoms with Gasteiger partial charge in [-0.1, -0.05) is 0 Å². The van der Waals surface area contributed by atoms with Gasteiger partial charge in [-0.15, -0.1) is 0 Å². The molecule has 0 unspecified atom stereocenters. The Hall–Kier alpha value is -2.09. The van der Waals surface area contributed by atoms with E-state index in [9.17, 15) is 10.1 Å². The molecule has 0 aliphatic rings. The Morgan fingerprint density at radius 2 is 2.20 bits per heavy atom. The summed E-state index contributed by atoms with van der Waals surface area (Å²) < 4.78 is 0. The summed E-state index contributed by atoms with van der Waals surface area (Å²) in [5.41, 5.74) is 1.31. The van der Waals surface area contributed by atoms with Crippen molar-refractivity contribution in [2.24, 2.45) is 0 Å². The van der Waals surface area contributed by atoms with Gasteiger partial charge in [0.05, 0.1) is 17.4 Å². The van der Waals surface area contributed by atoms with Crippen LogP contribution in [0.5, 0.6) is 0 Å². The van der Waals surface area contributed by atoms with E-state index < -0.39 is 4.92 Å². The van der Waals surface area contributed by atoms with E-state index in [0.29, 0.717) is 5.56 Å². The van der Waals surface area contributed by atoms with Crippen LogP contribution >= 0.6 is 0 Å². The topological polar surface area (TPSA) is 70.2 Å². The highest BCUT2D eigenvalue weighted by molar-refractivity contribution is 5.55. The van der Waals surface area contributed by atoms with Gasteiger partial charge in [-0.2, -0.15) is 5.26 Å². The zero-order chi connectivity index (χ0) is 11.4. The molecule has 0 atom stereocenters. The van der Waals surface area contributed by atoms with E-state index in [1.54, 1.807) is 12.1 Å². The van der Waals surface area contributed by atoms with Crippen LogP contribution in [0.4, 0.5) is 11.4 Å². The molecule has 0 fully saturated rings. The van der Waals surface area contributed by atoms with Crippen molar-refractivity contribution in [2.45, 2.75) is 6.42 Å². The van der Waals surface area contributed by atoms with Crippen LogP contribution in [0.3, 0.4) is 0 Å². The number of hydrogen-bond acceptors (Lipinski definition) is 4. The van der Waals surface area contributed by atoms with E-state index in [0.717, 1.165) is 5.69 Å². The fraction of sp³-hybridized carbons (Fsp3) is 0.300. The fourth-order valence-electron chi connectivity index (χ4n) is 1.25. The summed E-state index contributed by atoms with van der Waals surface area (Å²) in [4.78, 5) is 12.0. The first-order valence-corrected chi connectivity index (χ1v) is 4.38. The molecule has 0 saturated carbocycles. The van der Waals surface area contributed by atoms with Crippen LogP contribution in [0, 0.1) is 21.4 Å². The normalized spacial score (nSPS) is 9.40. The molecule has 0 amide bonds. The van der Waals surface area contributed by atoms with E-state index >= 15 is 0 Å². The lowest BCUT2D eigenvalue weighted by molar-refractivity contribution is -0.385. The summed E-state index contributed by atoms with van der Waals surface area (Å²) in [6.07, 6.45) is 0.0536. The van der Waals surface area contributed by atoms with Gasteiger partial charge in [0, 0.05) is 31.4 Å².